The first-order valence-corrected chi connectivity index (χ1v) is 8.94. The SMILES string of the molecule is CCC(C)Oc1c(C=NC(C)C)cccc1C1CCCCC1. The van der Waals surface area contributed by atoms with Gasteiger partial charge in [-0.05, 0) is 57.6 Å². The summed E-state index contributed by atoms with van der Waals surface area (Å²) in [5.41, 5.74) is 2.53. The third-order valence-electron chi connectivity index (χ3n) is 4.53. The number of ether oxygens (including phenoxy) is 1. The summed E-state index contributed by atoms with van der Waals surface area (Å²) < 4.78 is 6.32. The second-order valence-corrected chi connectivity index (χ2v) is 6.81. The highest BCUT2D eigenvalue weighted by Gasteiger charge is 2.21. The lowest BCUT2D eigenvalue weighted by Crippen LogP contribution is -2.15. The van der Waals surface area contributed by atoms with E-state index in [2.05, 4.69) is 50.9 Å². The van der Waals surface area contributed by atoms with Crippen molar-refractivity contribution in [2.75, 3.05) is 0 Å². The molecule has 1 unspecified atom stereocenters. The number of para-hydroxylation sites is 1. The van der Waals surface area contributed by atoms with E-state index >= 15 is 0 Å². The van der Waals surface area contributed by atoms with Crippen molar-refractivity contribution in [3.05, 3.63) is 29.3 Å². The van der Waals surface area contributed by atoms with Crippen molar-refractivity contribution < 1.29 is 4.74 Å². The zero-order valence-corrected chi connectivity index (χ0v) is 14.6. The molecule has 0 saturated heterocycles. The fraction of sp³-hybridized carbons (Fsp3) is 0.650. The highest BCUT2D eigenvalue weighted by Crippen LogP contribution is 2.39. The lowest BCUT2D eigenvalue weighted by molar-refractivity contribution is 0.212. The van der Waals surface area contributed by atoms with Crippen LogP contribution in [0.15, 0.2) is 23.2 Å². The van der Waals surface area contributed by atoms with Gasteiger partial charge in [-0.3, -0.25) is 4.99 Å². The number of hydrogen-bond acceptors (Lipinski definition) is 2. The third kappa shape index (κ3) is 4.59. The van der Waals surface area contributed by atoms with Crippen molar-refractivity contribution in [1.82, 2.24) is 0 Å². The van der Waals surface area contributed by atoms with Gasteiger partial charge in [-0.1, -0.05) is 38.3 Å². The molecule has 2 heteroatoms. The fourth-order valence-electron chi connectivity index (χ4n) is 3.06. The van der Waals surface area contributed by atoms with Crippen molar-refractivity contribution in [3.8, 4) is 5.75 Å². The normalized spacial score (nSPS) is 18.0. The largest absolute Gasteiger partial charge is 0.490 e. The van der Waals surface area contributed by atoms with E-state index in [1.165, 1.54) is 37.7 Å². The molecule has 0 aromatic heterocycles. The zero-order valence-electron chi connectivity index (χ0n) is 14.6. The smallest absolute Gasteiger partial charge is 0.131 e. The zero-order chi connectivity index (χ0) is 15.9. The van der Waals surface area contributed by atoms with Crippen LogP contribution in [-0.4, -0.2) is 18.4 Å². The van der Waals surface area contributed by atoms with Gasteiger partial charge in [0.1, 0.15) is 5.75 Å². The van der Waals surface area contributed by atoms with E-state index in [0.717, 1.165) is 17.7 Å². The average Bonchev–Trinajstić information content (AvgIpc) is 2.54. The molecule has 1 aromatic rings. The van der Waals surface area contributed by atoms with Crippen LogP contribution < -0.4 is 4.74 Å². The molecule has 1 saturated carbocycles. The second kappa shape index (κ2) is 8.36. The lowest BCUT2D eigenvalue weighted by atomic mass is 9.83. The van der Waals surface area contributed by atoms with Gasteiger partial charge >= 0.3 is 0 Å². The van der Waals surface area contributed by atoms with Crippen LogP contribution >= 0.6 is 0 Å². The molecule has 0 N–H and O–H groups in total. The Morgan fingerprint density at radius 3 is 2.55 bits per heavy atom. The predicted molar refractivity (Wildman–Crippen MR) is 95.4 cm³/mol. The number of rotatable bonds is 6. The number of nitrogens with zero attached hydrogens (tertiary/aromatic N) is 1. The van der Waals surface area contributed by atoms with E-state index in [-0.39, 0.29) is 6.10 Å². The first-order chi connectivity index (χ1) is 10.6. The lowest BCUT2D eigenvalue weighted by Gasteiger charge is -2.26. The van der Waals surface area contributed by atoms with E-state index in [9.17, 15) is 0 Å². The van der Waals surface area contributed by atoms with E-state index in [1.807, 2.05) is 6.21 Å². The van der Waals surface area contributed by atoms with Gasteiger partial charge in [-0.2, -0.15) is 0 Å². The van der Waals surface area contributed by atoms with Crippen LogP contribution in [0.4, 0.5) is 0 Å². The molecule has 2 rings (SSSR count). The molecule has 1 fully saturated rings. The van der Waals surface area contributed by atoms with Crippen molar-refractivity contribution >= 4 is 6.21 Å². The van der Waals surface area contributed by atoms with E-state index < -0.39 is 0 Å². The molecule has 2 nitrogen and oxygen atoms in total. The molecule has 1 aliphatic carbocycles. The molecule has 1 aliphatic rings. The van der Waals surface area contributed by atoms with Gasteiger partial charge in [0.2, 0.25) is 0 Å². The minimum Gasteiger partial charge on any atom is -0.490 e. The van der Waals surface area contributed by atoms with E-state index in [1.54, 1.807) is 0 Å². The summed E-state index contributed by atoms with van der Waals surface area (Å²) in [7, 11) is 0. The van der Waals surface area contributed by atoms with Crippen molar-refractivity contribution in [3.63, 3.8) is 0 Å². The molecule has 0 heterocycles. The van der Waals surface area contributed by atoms with E-state index in [0.29, 0.717) is 12.0 Å². The summed E-state index contributed by atoms with van der Waals surface area (Å²) in [5, 5.41) is 0. The van der Waals surface area contributed by atoms with Crippen LogP contribution in [0.25, 0.3) is 0 Å². The molecule has 1 aromatic carbocycles. The van der Waals surface area contributed by atoms with Crippen molar-refractivity contribution in [1.29, 1.82) is 0 Å². The maximum absolute atomic E-state index is 6.32. The Bertz CT molecular complexity index is 486. The van der Waals surface area contributed by atoms with Crippen molar-refractivity contribution in [2.24, 2.45) is 4.99 Å². The minimum atomic E-state index is 0.246. The van der Waals surface area contributed by atoms with Gasteiger partial charge in [0.15, 0.2) is 0 Å². The summed E-state index contributed by atoms with van der Waals surface area (Å²) in [5.74, 6) is 1.73. The van der Waals surface area contributed by atoms with Gasteiger partial charge in [-0.25, -0.2) is 0 Å². The Balaban J connectivity index is 2.35. The molecule has 22 heavy (non-hydrogen) atoms. The third-order valence-corrected chi connectivity index (χ3v) is 4.53. The van der Waals surface area contributed by atoms with Gasteiger partial charge in [-0.15, -0.1) is 0 Å². The summed E-state index contributed by atoms with van der Waals surface area (Å²) in [6.45, 7) is 8.55. The molecule has 0 radical (unpaired) electrons. The van der Waals surface area contributed by atoms with Crippen molar-refractivity contribution in [2.45, 2.75) is 84.3 Å². The maximum atomic E-state index is 6.32. The Hall–Kier alpha value is -1.31. The van der Waals surface area contributed by atoms with Gasteiger partial charge in [0.25, 0.3) is 0 Å². The van der Waals surface area contributed by atoms with E-state index in [4.69, 9.17) is 4.74 Å². The van der Waals surface area contributed by atoms with Gasteiger partial charge in [0, 0.05) is 17.8 Å². The second-order valence-electron chi connectivity index (χ2n) is 6.81. The van der Waals surface area contributed by atoms with Gasteiger partial charge < -0.3 is 4.74 Å². The quantitative estimate of drug-likeness (QED) is 0.614. The Kier molecular flexibility index (Phi) is 6.48. The summed E-state index contributed by atoms with van der Waals surface area (Å²) in [6.07, 6.45) is 9.93. The minimum absolute atomic E-state index is 0.246. The first-order valence-electron chi connectivity index (χ1n) is 8.94. The topological polar surface area (TPSA) is 21.6 Å². The average molecular weight is 301 g/mol. The highest BCUT2D eigenvalue weighted by molar-refractivity contribution is 5.84. The number of aliphatic imine (C=N–C) groups is 1. The summed E-state index contributed by atoms with van der Waals surface area (Å²) in [6, 6.07) is 6.88. The maximum Gasteiger partial charge on any atom is 0.131 e. The molecule has 122 valence electrons. The monoisotopic (exact) mass is 301 g/mol. The van der Waals surface area contributed by atoms with Crippen LogP contribution in [0.1, 0.15) is 83.3 Å². The fourth-order valence-corrected chi connectivity index (χ4v) is 3.06. The number of benzene rings is 1. The van der Waals surface area contributed by atoms with Crippen LogP contribution in [0.3, 0.4) is 0 Å². The Morgan fingerprint density at radius 2 is 1.91 bits per heavy atom. The molecular formula is C20H31NO. The molecule has 1 atom stereocenters. The Morgan fingerprint density at radius 1 is 1.18 bits per heavy atom. The molecule has 0 amide bonds. The predicted octanol–water partition coefficient (Wildman–Crippen LogP) is 5.74. The molecule has 0 aliphatic heterocycles. The summed E-state index contributed by atoms with van der Waals surface area (Å²) >= 11 is 0. The van der Waals surface area contributed by atoms with Crippen LogP contribution in [0, 0.1) is 0 Å². The molecular weight excluding hydrogens is 270 g/mol. The first kappa shape index (κ1) is 17.1. The van der Waals surface area contributed by atoms with Crippen LogP contribution in [0.5, 0.6) is 5.75 Å². The highest BCUT2D eigenvalue weighted by atomic mass is 16.5. The van der Waals surface area contributed by atoms with Crippen LogP contribution in [-0.2, 0) is 0 Å². The Labute approximate surface area is 136 Å². The number of hydrogen-bond donors (Lipinski definition) is 0. The molecule has 0 spiro atoms. The summed E-state index contributed by atoms with van der Waals surface area (Å²) in [4.78, 5) is 4.57. The standard InChI is InChI=1S/C20H31NO/c1-5-16(4)22-20-18(14-21-15(2)3)12-9-13-19(20)17-10-7-6-8-11-17/h9,12-17H,5-8,10-11H2,1-4H3. The van der Waals surface area contributed by atoms with Gasteiger partial charge in [0.05, 0.1) is 6.10 Å². The molecule has 0 bridgehead atoms. The van der Waals surface area contributed by atoms with Crippen LogP contribution in [0.2, 0.25) is 0 Å².